The third-order valence-corrected chi connectivity index (χ3v) is 5.27. The van der Waals surface area contributed by atoms with Gasteiger partial charge in [-0.25, -0.2) is 0 Å². The molecule has 2 aliphatic rings. The van der Waals surface area contributed by atoms with Crippen molar-refractivity contribution >= 4 is 11.6 Å². The first kappa shape index (κ1) is 16.0. The molecule has 0 aromatic heterocycles. The van der Waals surface area contributed by atoms with E-state index in [4.69, 9.17) is 21.1 Å². The summed E-state index contributed by atoms with van der Waals surface area (Å²) in [6.45, 7) is 3.74. The van der Waals surface area contributed by atoms with Gasteiger partial charge in [-0.05, 0) is 56.6 Å². The lowest BCUT2D eigenvalue weighted by Crippen LogP contribution is -2.34. The molecule has 1 heterocycles. The SMILES string of the molecule is CC=CC1CCC(C2COC(c3ccc(Cl)cc3)OC2)CC1. The third kappa shape index (κ3) is 3.92. The van der Waals surface area contributed by atoms with Crippen molar-refractivity contribution in [1.29, 1.82) is 0 Å². The topological polar surface area (TPSA) is 18.5 Å². The molecule has 0 radical (unpaired) electrons. The van der Waals surface area contributed by atoms with Crippen LogP contribution in [0.5, 0.6) is 0 Å². The van der Waals surface area contributed by atoms with E-state index in [1.807, 2.05) is 24.3 Å². The van der Waals surface area contributed by atoms with E-state index in [0.717, 1.165) is 35.6 Å². The van der Waals surface area contributed by atoms with Crippen LogP contribution in [0.4, 0.5) is 0 Å². The highest BCUT2D eigenvalue weighted by molar-refractivity contribution is 6.30. The summed E-state index contributed by atoms with van der Waals surface area (Å²) >= 11 is 5.92. The van der Waals surface area contributed by atoms with E-state index in [9.17, 15) is 0 Å². The Morgan fingerprint density at radius 3 is 2.18 bits per heavy atom. The zero-order valence-electron chi connectivity index (χ0n) is 13.2. The quantitative estimate of drug-likeness (QED) is 0.696. The predicted molar refractivity (Wildman–Crippen MR) is 89.8 cm³/mol. The number of benzene rings is 1. The maximum Gasteiger partial charge on any atom is 0.183 e. The number of hydrogen-bond acceptors (Lipinski definition) is 2. The second kappa shape index (κ2) is 7.63. The molecule has 1 aromatic carbocycles. The monoisotopic (exact) mass is 320 g/mol. The van der Waals surface area contributed by atoms with Crippen LogP contribution in [0, 0.1) is 17.8 Å². The lowest BCUT2D eigenvalue weighted by Gasteiger charge is -2.37. The highest BCUT2D eigenvalue weighted by Gasteiger charge is 2.31. The minimum Gasteiger partial charge on any atom is -0.348 e. The van der Waals surface area contributed by atoms with Crippen LogP contribution >= 0.6 is 11.6 Å². The van der Waals surface area contributed by atoms with E-state index >= 15 is 0 Å². The molecule has 0 atom stereocenters. The summed E-state index contributed by atoms with van der Waals surface area (Å²) in [6.07, 6.45) is 9.55. The van der Waals surface area contributed by atoms with Crippen molar-refractivity contribution in [1.82, 2.24) is 0 Å². The Morgan fingerprint density at radius 2 is 1.59 bits per heavy atom. The van der Waals surface area contributed by atoms with Crippen molar-refractivity contribution in [2.45, 2.75) is 38.9 Å². The fourth-order valence-electron chi connectivity index (χ4n) is 3.68. The molecule has 2 fully saturated rings. The van der Waals surface area contributed by atoms with Gasteiger partial charge in [0.2, 0.25) is 0 Å². The number of allylic oxidation sites excluding steroid dienone is 2. The average molecular weight is 321 g/mol. The van der Waals surface area contributed by atoms with E-state index in [0.29, 0.717) is 5.92 Å². The fraction of sp³-hybridized carbons (Fsp3) is 0.579. The Bertz CT molecular complexity index is 481. The Hall–Kier alpha value is -0.830. The van der Waals surface area contributed by atoms with Crippen LogP contribution in [0.15, 0.2) is 36.4 Å². The summed E-state index contributed by atoms with van der Waals surface area (Å²) in [4.78, 5) is 0. The van der Waals surface area contributed by atoms with Crippen molar-refractivity contribution in [3.8, 4) is 0 Å². The van der Waals surface area contributed by atoms with Gasteiger partial charge in [0, 0.05) is 16.5 Å². The first-order valence-corrected chi connectivity index (χ1v) is 8.75. The summed E-state index contributed by atoms with van der Waals surface area (Å²) in [5.74, 6) is 2.09. The summed E-state index contributed by atoms with van der Waals surface area (Å²) in [7, 11) is 0. The van der Waals surface area contributed by atoms with E-state index in [1.54, 1.807) is 0 Å². The number of halogens is 1. The molecule has 0 unspecified atom stereocenters. The molecule has 0 N–H and O–H groups in total. The number of ether oxygens (including phenoxy) is 2. The minimum atomic E-state index is -0.229. The van der Waals surface area contributed by atoms with Crippen molar-refractivity contribution < 1.29 is 9.47 Å². The molecule has 120 valence electrons. The van der Waals surface area contributed by atoms with Gasteiger partial charge in [-0.15, -0.1) is 0 Å². The van der Waals surface area contributed by atoms with Crippen molar-refractivity contribution in [2.24, 2.45) is 17.8 Å². The maximum atomic E-state index is 5.96. The van der Waals surface area contributed by atoms with Gasteiger partial charge >= 0.3 is 0 Å². The first-order valence-electron chi connectivity index (χ1n) is 8.37. The number of rotatable bonds is 3. The molecule has 1 aliphatic carbocycles. The Balaban J connectivity index is 1.49. The molecule has 3 heteroatoms. The third-order valence-electron chi connectivity index (χ3n) is 5.01. The normalized spacial score (nSPS) is 33.2. The first-order chi connectivity index (χ1) is 10.8. The molecular formula is C19H25ClO2. The van der Waals surface area contributed by atoms with Crippen molar-refractivity contribution in [2.75, 3.05) is 13.2 Å². The largest absolute Gasteiger partial charge is 0.348 e. The molecule has 1 aromatic rings. The molecule has 22 heavy (non-hydrogen) atoms. The van der Waals surface area contributed by atoms with Crippen LogP contribution < -0.4 is 0 Å². The minimum absolute atomic E-state index is 0.229. The van der Waals surface area contributed by atoms with Crippen LogP contribution in [0.2, 0.25) is 5.02 Å². The second-order valence-corrected chi connectivity index (χ2v) is 6.95. The van der Waals surface area contributed by atoms with Crippen LogP contribution in [0.25, 0.3) is 0 Å². The zero-order chi connectivity index (χ0) is 15.4. The van der Waals surface area contributed by atoms with Gasteiger partial charge in [0.05, 0.1) is 13.2 Å². The van der Waals surface area contributed by atoms with Gasteiger partial charge in [0.15, 0.2) is 6.29 Å². The highest BCUT2D eigenvalue weighted by atomic mass is 35.5. The van der Waals surface area contributed by atoms with Crippen LogP contribution in [-0.2, 0) is 9.47 Å². The van der Waals surface area contributed by atoms with Crippen molar-refractivity contribution in [3.63, 3.8) is 0 Å². The molecule has 0 bridgehead atoms. The standard InChI is InChI=1S/C19H25ClO2/c1-2-3-14-4-6-15(7-5-14)17-12-21-19(22-13-17)16-8-10-18(20)11-9-16/h2-3,8-11,14-15,17,19H,4-7,12-13H2,1H3. The molecule has 3 rings (SSSR count). The molecule has 1 saturated carbocycles. The summed E-state index contributed by atoms with van der Waals surface area (Å²) in [5.41, 5.74) is 1.06. The van der Waals surface area contributed by atoms with Crippen LogP contribution in [-0.4, -0.2) is 13.2 Å². The smallest absolute Gasteiger partial charge is 0.183 e. The van der Waals surface area contributed by atoms with Gasteiger partial charge in [-0.3, -0.25) is 0 Å². The lowest BCUT2D eigenvalue weighted by molar-refractivity contribution is -0.214. The molecule has 1 saturated heterocycles. The zero-order valence-corrected chi connectivity index (χ0v) is 14.0. The van der Waals surface area contributed by atoms with Gasteiger partial charge in [0.25, 0.3) is 0 Å². The van der Waals surface area contributed by atoms with E-state index in [-0.39, 0.29) is 6.29 Å². The molecular weight excluding hydrogens is 296 g/mol. The molecule has 0 amide bonds. The summed E-state index contributed by atoms with van der Waals surface area (Å²) in [6, 6.07) is 7.74. The Labute approximate surface area is 138 Å². The van der Waals surface area contributed by atoms with Gasteiger partial charge in [-0.2, -0.15) is 0 Å². The van der Waals surface area contributed by atoms with E-state index in [1.165, 1.54) is 25.7 Å². The van der Waals surface area contributed by atoms with Crippen LogP contribution in [0.3, 0.4) is 0 Å². The van der Waals surface area contributed by atoms with Gasteiger partial charge in [0.1, 0.15) is 0 Å². The van der Waals surface area contributed by atoms with Gasteiger partial charge < -0.3 is 9.47 Å². The molecule has 2 nitrogen and oxygen atoms in total. The summed E-state index contributed by atoms with van der Waals surface area (Å²) < 4.78 is 11.9. The predicted octanol–water partition coefficient (Wildman–Crippen LogP) is 5.38. The van der Waals surface area contributed by atoms with Crippen LogP contribution in [0.1, 0.15) is 44.5 Å². The van der Waals surface area contributed by atoms with Crippen molar-refractivity contribution in [3.05, 3.63) is 47.0 Å². The summed E-state index contributed by atoms with van der Waals surface area (Å²) in [5, 5.41) is 0.746. The fourth-order valence-corrected chi connectivity index (χ4v) is 3.81. The molecule has 1 aliphatic heterocycles. The lowest BCUT2D eigenvalue weighted by atomic mass is 9.76. The van der Waals surface area contributed by atoms with Gasteiger partial charge in [-0.1, -0.05) is 35.9 Å². The Morgan fingerprint density at radius 1 is 0.955 bits per heavy atom. The number of hydrogen-bond donors (Lipinski definition) is 0. The second-order valence-electron chi connectivity index (χ2n) is 6.51. The Kier molecular flexibility index (Phi) is 5.56. The molecule has 0 spiro atoms. The van der Waals surface area contributed by atoms with E-state index < -0.39 is 0 Å². The maximum absolute atomic E-state index is 5.96. The van der Waals surface area contributed by atoms with E-state index in [2.05, 4.69) is 19.1 Å². The average Bonchev–Trinajstić information content (AvgIpc) is 2.57. The highest BCUT2D eigenvalue weighted by Crippen LogP contribution is 2.37.